The van der Waals surface area contributed by atoms with Crippen molar-refractivity contribution in [3.8, 4) is 0 Å². The molecule has 3 nitrogen and oxygen atoms in total. The first-order chi connectivity index (χ1) is 5.70. The van der Waals surface area contributed by atoms with Gasteiger partial charge in [-0.15, -0.1) is 5.17 Å². The first kappa shape index (κ1) is 9.19. The molecule has 1 aromatic carbocycles. The van der Waals surface area contributed by atoms with Crippen LogP contribution in [0.4, 0.5) is 0 Å². The van der Waals surface area contributed by atoms with Gasteiger partial charge in [0, 0.05) is 7.05 Å². The Morgan fingerprint density at radius 1 is 1.42 bits per heavy atom. The predicted octanol–water partition coefficient (Wildman–Crippen LogP) is 1.23. The van der Waals surface area contributed by atoms with Crippen molar-refractivity contribution in [3.63, 3.8) is 0 Å². The summed E-state index contributed by atoms with van der Waals surface area (Å²) in [6, 6.07) is 8.07. The third kappa shape index (κ3) is 2.62. The van der Waals surface area contributed by atoms with Crippen molar-refractivity contribution < 1.29 is 4.84 Å². The number of nitrogens with two attached hydrogens (primary N) is 1. The molecular formula is C9H14N2O. The van der Waals surface area contributed by atoms with E-state index in [2.05, 4.69) is 13.0 Å². The molecule has 0 aromatic heterocycles. The first-order valence-corrected chi connectivity index (χ1v) is 3.86. The summed E-state index contributed by atoms with van der Waals surface area (Å²) in [4.78, 5) is 5.12. The Labute approximate surface area is 72.7 Å². The summed E-state index contributed by atoms with van der Waals surface area (Å²) in [7, 11) is 1.66. The van der Waals surface area contributed by atoms with E-state index in [0.29, 0.717) is 6.61 Å². The molecule has 0 spiro atoms. The van der Waals surface area contributed by atoms with Crippen LogP contribution in [0.2, 0.25) is 0 Å². The summed E-state index contributed by atoms with van der Waals surface area (Å²) in [5.41, 5.74) is 2.38. The van der Waals surface area contributed by atoms with Crippen LogP contribution in [0, 0.1) is 6.92 Å². The lowest BCUT2D eigenvalue weighted by Gasteiger charge is -2.10. The van der Waals surface area contributed by atoms with Crippen molar-refractivity contribution in [2.24, 2.45) is 5.84 Å². The molecule has 3 heteroatoms. The van der Waals surface area contributed by atoms with Crippen molar-refractivity contribution in [2.75, 3.05) is 7.05 Å². The van der Waals surface area contributed by atoms with Gasteiger partial charge in [0.2, 0.25) is 0 Å². The Bertz CT molecular complexity index is 248. The number of rotatable bonds is 3. The lowest BCUT2D eigenvalue weighted by atomic mass is 10.1. The molecule has 0 atom stereocenters. The molecule has 1 aromatic rings. The number of hydrazine groups is 1. The van der Waals surface area contributed by atoms with Crippen LogP contribution in [0.25, 0.3) is 0 Å². The molecule has 0 saturated carbocycles. The molecule has 0 fully saturated rings. The highest BCUT2D eigenvalue weighted by Gasteiger charge is 1.97. The van der Waals surface area contributed by atoms with Gasteiger partial charge in [0.25, 0.3) is 0 Å². The Morgan fingerprint density at radius 3 is 2.67 bits per heavy atom. The molecule has 0 heterocycles. The van der Waals surface area contributed by atoms with Gasteiger partial charge in [0.05, 0.1) is 6.61 Å². The van der Waals surface area contributed by atoms with Gasteiger partial charge in [-0.3, -0.25) is 4.84 Å². The second-order valence-electron chi connectivity index (χ2n) is 2.75. The molecule has 2 N–H and O–H groups in total. The van der Waals surface area contributed by atoms with E-state index in [1.165, 1.54) is 10.7 Å². The van der Waals surface area contributed by atoms with Gasteiger partial charge in [-0.25, -0.2) is 5.84 Å². The van der Waals surface area contributed by atoms with Crippen LogP contribution in [0.3, 0.4) is 0 Å². The zero-order valence-corrected chi connectivity index (χ0v) is 7.45. The minimum absolute atomic E-state index is 0.527. The number of hydrogen-bond donors (Lipinski definition) is 1. The van der Waals surface area contributed by atoms with Crippen LogP contribution in [0.5, 0.6) is 0 Å². The molecule has 0 amide bonds. The standard InChI is InChI=1S/C9H14N2O/c1-8-5-3-4-6-9(8)7-12-11(2)10/h3-6H,7,10H2,1-2H3. The molecule has 0 aliphatic rings. The summed E-state index contributed by atoms with van der Waals surface area (Å²) >= 11 is 0. The van der Waals surface area contributed by atoms with E-state index in [4.69, 9.17) is 10.7 Å². The van der Waals surface area contributed by atoms with Crippen LogP contribution < -0.4 is 5.84 Å². The summed E-state index contributed by atoms with van der Waals surface area (Å²) in [5, 5.41) is 1.21. The number of benzene rings is 1. The third-order valence-corrected chi connectivity index (χ3v) is 1.68. The molecule has 0 radical (unpaired) electrons. The quantitative estimate of drug-likeness (QED) is 0.542. The second-order valence-corrected chi connectivity index (χ2v) is 2.75. The SMILES string of the molecule is Cc1ccccc1CON(C)N. The minimum atomic E-state index is 0.527. The predicted molar refractivity (Wildman–Crippen MR) is 47.9 cm³/mol. The van der Waals surface area contributed by atoms with E-state index < -0.39 is 0 Å². The summed E-state index contributed by atoms with van der Waals surface area (Å²) in [6.45, 7) is 2.58. The Hall–Kier alpha value is -0.900. The van der Waals surface area contributed by atoms with Crippen LogP contribution in [-0.4, -0.2) is 12.2 Å². The smallest absolute Gasteiger partial charge is 0.0954 e. The number of nitrogens with zero attached hydrogens (tertiary/aromatic N) is 1. The van der Waals surface area contributed by atoms with Crippen LogP contribution in [0.1, 0.15) is 11.1 Å². The summed E-state index contributed by atoms with van der Waals surface area (Å²) in [5.74, 6) is 5.30. The lowest BCUT2D eigenvalue weighted by Crippen LogP contribution is -2.25. The number of hydroxylamine groups is 1. The van der Waals surface area contributed by atoms with Gasteiger partial charge in [0.1, 0.15) is 0 Å². The van der Waals surface area contributed by atoms with Crippen LogP contribution in [-0.2, 0) is 11.4 Å². The van der Waals surface area contributed by atoms with Crippen molar-refractivity contribution in [1.29, 1.82) is 0 Å². The van der Waals surface area contributed by atoms with Gasteiger partial charge >= 0.3 is 0 Å². The fourth-order valence-corrected chi connectivity index (χ4v) is 0.943. The summed E-state index contributed by atoms with van der Waals surface area (Å²) < 4.78 is 0. The minimum Gasteiger partial charge on any atom is -0.280 e. The molecule has 66 valence electrons. The van der Waals surface area contributed by atoms with Gasteiger partial charge in [-0.1, -0.05) is 24.3 Å². The highest BCUT2D eigenvalue weighted by Crippen LogP contribution is 2.07. The topological polar surface area (TPSA) is 38.5 Å². The van der Waals surface area contributed by atoms with Crippen molar-refractivity contribution in [1.82, 2.24) is 5.17 Å². The van der Waals surface area contributed by atoms with Crippen LogP contribution in [0.15, 0.2) is 24.3 Å². The van der Waals surface area contributed by atoms with E-state index in [-0.39, 0.29) is 0 Å². The molecule has 1 rings (SSSR count). The number of hydrogen-bond acceptors (Lipinski definition) is 3. The van der Waals surface area contributed by atoms with E-state index in [9.17, 15) is 0 Å². The molecular weight excluding hydrogens is 152 g/mol. The highest BCUT2D eigenvalue weighted by molar-refractivity contribution is 5.24. The van der Waals surface area contributed by atoms with Gasteiger partial charge in [0.15, 0.2) is 0 Å². The molecule has 0 bridgehead atoms. The zero-order valence-electron chi connectivity index (χ0n) is 7.45. The zero-order chi connectivity index (χ0) is 8.97. The van der Waals surface area contributed by atoms with E-state index in [1.54, 1.807) is 7.05 Å². The maximum Gasteiger partial charge on any atom is 0.0954 e. The Balaban J connectivity index is 2.57. The third-order valence-electron chi connectivity index (χ3n) is 1.68. The largest absolute Gasteiger partial charge is 0.280 e. The van der Waals surface area contributed by atoms with Crippen molar-refractivity contribution >= 4 is 0 Å². The normalized spacial score (nSPS) is 10.7. The van der Waals surface area contributed by atoms with Crippen molar-refractivity contribution in [3.05, 3.63) is 35.4 Å². The average molecular weight is 166 g/mol. The fourth-order valence-electron chi connectivity index (χ4n) is 0.943. The van der Waals surface area contributed by atoms with E-state index in [1.807, 2.05) is 18.2 Å². The molecule has 12 heavy (non-hydrogen) atoms. The van der Waals surface area contributed by atoms with E-state index >= 15 is 0 Å². The first-order valence-electron chi connectivity index (χ1n) is 3.86. The number of aryl methyl sites for hydroxylation is 1. The maximum atomic E-state index is 5.30. The van der Waals surface area contributed by atoms with Gasteiger partial charge < -0.3 is 0 Å². The highest BCUT2D eigenvalue weighted by atomic mass is 16.7. The van der Waals surface area contributed by atoms with Gasteiger partial charge in [-0.2, -0.15) is 0 Å². The lowest BCUT2D eigenvalue weighted by molar-refractivity contribution is -0.153. The fraction of sp³-hybridized carbons (Fsp3) is 0.333. The van der Waals surface area contributed by atoms with E-state index in [0.717, 1.165) is 5.56 Å². The molecule has 0 aliphatic carbocycles. The Kier molecular flexibility index (Phi) is 3.22. The molecule has 0 unspecified atom stereocenters. The second kappa shape index (κ2) is 4.21. The Morgan fingerprint density at radius 2 is 2.08 bits per heavy atom. The summed E-state index contributed by atoms with van der Waals surface area (Å²) in [6.07, 6.45) is 0. The average Bonchev–Trinajstić information content (AvgIpc) is 2.03. The van der Waals surface area contributed by atoms with Crippen molar-refractivity contribution in [2.45, 2.75) is 13.5 Å². The van der Waals surface area contributed by atoms with Gasteiger partial charge in [-0.05, 0) is 18.1 Å². The molecule has 0 saturated heterocycles. The maximum absolute atomic E-state index is 5.30. The molecule has 0 aliphatic heterocycles. The van der Waals surface area contributed by atoms with Crippen LogP contribution >= 0.6 is 0 Å². The monoisotopic (exact) mass is 166 g/mol.